The van der Waals surface area contributed by atoms with Gasteiger partial charge in [0.25, 0.3) is 0 Å². The molecule has 110 valence electrons. The highest BCUT2D eigenvalue weighted by Gasteiger charge is 2.31. The van der Waals surface area contributed by atoms with Crippen molar-refractivity contribution in [1.82, 2.24) is 0 Å². The van der Waals surface area contributed by atoms with Gasteiger partial charge >= 0.3 is 6.18 Å². The SMILES string of the molecule is Nc1ccc(C(F)(F)F)cc1C(=O)Cc1ccc(Br)cc1. The molecular weight excluding hydrogens is 347 g/mol. The van der Waals surface area contributed by atoms with Gasteiger partial charge in [-0.15, -0.1) is 0 Å². The van der Waals surface area contributed by atoms with Crippen LogP contribution in [0, 0.1) is 0 Å². The molecule has 0 saturated carbocycles. The maximum absolute atomic E-state index is 12.7. The average Bonchev–Trinajstić information content (AvgIpc) is 2.40. The van der Waals surface area contributed by atoms with Crippen molar-refractivity contribution in [3.8, 4) is 0 Å². The molecule has 2 aromatic carbocycles. The van der Waals surface area contributed by atoms with Crippen LogP contribution in [0.3, 0.4) is 0 Å². The maximum atomic E-state index is 12.7. The number of hydrogen-bond acceptors (Lipinski definition) is 2. The third kappa shape index (κ3) is 3.85. The van der Waals surface area contributed by atoms with Crippen molar-refractivity contribution < 1.29 is 18.0 Å². The minimum atomic E-state index is -4.50. The quantitative estimate of drug-likeness (QED) is 0.650. The number of nitrogen functional groups attached to an aromatic ring is 1. The number of alkyl halides is 3. The Balaban J connectivity index is 2.28. The number of hydrogen-bond donors (Lipinski definition) is 1. The molecule has 0 saturated heterocycles. The molecule has 2 nitrogen and oxygen atoms in total. The molecule has 0 radical (unpaired) electrons. The lowest BCUT2D eigenvalue weighted by Gasteiger charge is -2.10. The van der Waals surface area contributed by atoms with E-state index in [2.05, 4.69) is 15.9 Å². The zero-order chi connectivity index (χ0) is 15.6. The predicted molar refractivity (Wildman–Crippen MR) is 78.0 cm³/mol. The van der Waals surface area contributed by atoms with Crippen molar-refractivity contribution in [1.29, 1.82) is 0 Å². The Hall–Kier alpha value is -1.82. The normalized spacial score (nSPS) is 11.4. The van der Waals surface area contributed by atoms with E-state index < -0.39 is 17.5 Å². The lowest BCUT2D eigenvalue weighted by atomic mass is 9.99. The molecule has 0 aromatic heterocycles. The summed E-state index contributed by atoms with van der Waals surface area (Å²) in [5.74, 6) is -0.444. The smallest absolute Gasteiger partial charge is 0.398 e. The first kappa shape index (κ1) is 15.6. The molecule has 2 rings (SSSR count). The number of rotatable bonds is 3. The summed E-state index contributed by atoms with van der Waals surface area (Å²) in [4.78, 5) is 12.1. The molecule has 0 amide bonds. The second kappa shape index (κ2) is 5.89. The summed E-state index contributed by atoms with van der Waals surface area (Å²) in [6.07, 6.45) is -4.50. The van der Waals surface area contributed by atoms with E-state index >= 15 is 0 Å². The number of anilines is 1. The molecule has 0 aliphatic rings. The fraction of sp³-hybridized carbons (Fsp3) is 0.133. The first-order chi connectivity index (χ1) is 9.77. The molecule has 6 heteroatoms. The zero-order valence-electron chi connectivity index (χ0n) is 10.7. The van der Waals surface area contributed by atoms with Gasteiger partial charge in [-0.2, -0.15) is 13.2 Å². The fourth-order valence-corrected chi connectivity index (χ4v) is 2.12. The standard InChI is InChI=1S/C15H11BrF3NO/c16-11-4-1-9(2-5-11)7-14(21)12-8-10(15(17,18)19)3-6-13(12)20/h1-6,8H,7,20H2. The van der Waals surface area contributed by atoms with Gasteiger partial charge in [-0.3, -0.25) is 4.79 Å². The van der Waals surface area contributed by atoms with Gasteiger partial charge in [0, 0.05) is 22.1 Å². The molecular formula is C15H11BrF3NO. The molecule has 0 heterocycles. The Morgan fingerprint density at radius 2 is 1.71 bits per heavy atom. The van der Waals surface area contributed by atoms with Crippen LogP contribution in [0.25, 0.3) is 0 Å². The Labute approximate surface area is 127 Å². The summed E-state index contributed by atoms with van der Waals surface area (Å²) in [5, 5.41) is 0. The van der Waals surface area contributed by atoms with Crippen LogP contribution in [0.5, 0.6) is 0 Å². The van der Waals surface area contributed by atoms with E-state index in [1.807, 2.05) is 0 Å². The fourth-order valence-electron chi connectivity index (χ4n) is 1.86. The number of ketones is 1. The van der Waals surface area contributed by atoms with Gasteiger partial charge in [-0.05, 0) is 35.9 Å². The average molecular weight is 358 g/mol. The van der Waals surface area contributed by atoms with Crippen molar-refractivity contribution in [3.63, 3.8) is 0 Å². The molecule has 2 N–H and O–H groups in total. The van der Waals surface area contributed by atoms with Crippen LogP contribution in [0.1, 0.15) is 21.5 Å². The highest BCUT2D eigenvalue weighted by Crippen LogP contribution is 2.31. The van der Waals surface area contributed by atoms with Crippen molar-refractivity contribution in [2.24, 2.45) is 0 Å². The van der Waals surface area contributed by atoms with E-state index in [4.69, 9.17) is 5.73 Å². The van der Waals surface area contributed by atoms with Gasteiger partial charge in [-0.1, -0.05) is 28.1 Å². The van der Waals surface area contributed by atoms with Crippen molar-refractivity contribution in [3.05, 3.63) is 63.6 Å². The highest BCUT2D eigenvalue weighted by molar-refractivity contribution is 9.10. The van der Waals surface area contributed by atoms with Crippen LogP contribution < -0.4 is 5.73 Å². The summed E-state index contributed by atoms with van der Waals surface area (Å²) in [6, 6.07) is 9.76. The third-order valence-electron chi connectivity index (χ3n) is 2.96. The first-order valence-electron chi connectivity index (χ1n) is 6.02. The van der Waals surface area contributed by atoms with Gasteiger partial charge in [0.2, 0.25) is 0 Å². The summed E-state index contributed by atoms with van der Waals surface area (Å²) in [5.41, 5.74) is 5.39. The molecule has 0 aliphatic heterocycles. The summed E-state index contributed by atoms with van der Waals surface area (Å²) in [6.45, 7) is 0. The molecule has 0 atom stereocenters. The van der Waals surface area contributed by atoms with Crippen molar-refractivity contribution >= 4 is 27.4 Å². The number of carbonyl (C=O) groups excluding carboxylic acids is 1. The van der Waals surface area contributed by atoms with Gasteiger partial charge in [-0.25, -0.2) is 0 Å². The third-order valence-corrected chi connectivity index (χ3v) is 3.49. The van der Waals surface area contributed by atoms with Crippen LogP contribution in [0.15, 0.2) is 46.9 Å². The number of Topliss-reactive ketones (excluding diaryl/α,β-unsaturated/α-hetero) is 1. The van der Waals surface area contributed by atoms with Crippen molar-refractivity contribution in [2.45, 2.75) is 12.6 Å². The van der Waals surface area contributed by atoms with Gasteiger partial charge in [0.1, 0.15) is 0 Å². The van der Waals surface area contributed by atoms with Crippen LogP contribution >= 0.6 is 15.9 Å². The minimum absolute atomic E-state index is 0.00120. The molecule has 0 unspecified atom stereocenters. The highest BCUT2D eigenvalue weighted by atomic mass is 79.9. The number of benzene rings is 2. The number of halogens is 4. The molecule has 0 bridgehead atoms. The van der Waals surface area contributed by atoms with Crippen LogP contribution in [-0.4, -0.2) is 5.78 Å². The molecule has 2 aromatic rings. The van der Waals surface area contributed by atoms with E-state index in [-0.39, 0.29) is 17.7 Å². The predicted octanol–water partition coefficient (Wildman–Crippen LogP) is 4.48. The van der Waals surface area contributed by atoms with Crippen LogP contribution in [0.2, 0.25) is 0 Å². The van der Waals surface area contributed by atoms with Crippen LogP contribution in [-0.2, 0) is 12.6 Å². The Kier molecular flexibility index (Phi) is 4.37. The summed E-state index contributed by atoms with van der Waals surface area (Å²) >= 11 is 3.27. The second-order valence-electron chi connectivity index (χ2n) is 4.53. The van der Waals surface area contributed by atoms with E-state index in [0.717, 1.165) is 22.7 Å². The molecule has 0 aliphatic carbocycles. The molecule has 0 fully saturated rings. The minimum Gasteiger partial charge on any atom is -0.398 e. The Morgan fingerprint density at radius 3 is 2.29 bits per heavy atom. The second-order valence-corrected chi connectivity index (χ2v) is 5.44. The Morgan fingerprint density at radius 1 is 1.10 bits per heavy atom. The van der Waals surface area contributed by atoms with Crippen molar-refractivity contribution in [2.75, 3.05) is 5.73 Å². The topological polar surface area (TPSA) is 43.1 Å². The monoisotopic (exact) mass is 357 g/mol. The zero-order valence-corrected chi connectivity index (χ0v) is 12.3. The first-order valence-corrected chi connectivity index (χ1v) is 6.81. The lowest BCUT2D eigenvalue weighted by Crippen LogP contribution is -2.11. The summed E-state index contributed by atoms with van der Waals surface area (Å²) < 4.78 is 38.9. The largest absolute Gasteiger partial charge is 0.416 e. The van der Waals surface area contributed by atoms with Gasteiger partial charge in [0.05, 0.1) is 5.56 Å². The van der Waals surface area contributed by atoms with E-state index in [0.29, 0.717) is 5.56 Å². The van der Waals surface area contributed by atoms with Crippen LogP contribution in [0.4, 0.5) is 18.9 Å². The Bertz CT molecular complexity index is 666. The van der Waals surface area contributed by atoms with Gasteiger partial charge in [0.15, 0.2) is 5.78 Å². The lowest BCUT2D eigenvalue weighted by molar-refractivity contribution is -0.137. The number of carbonyl (C=O) groups is 1. The van der Waals surface area contributed by atoms with E-state index in [9.17, 15) is 18.0 Å². The van der Waals surface area contributed by atoms with Gasteiger partial charge < -0.3 is 5.73 Å². The number of nitrogens with two attached hydrogens (primary N) is 1. The van der Waals surface area contributed by atoms with E-state index in [1.165, 1.54) is 0 Å². The maximum Gasteiger partial charge on any atom is 0.416 e. The molecule has 21 heavy (non-hydrogen) atoms. The van der Waals surface area contributed by atoms with E-state index in [1.54, 1.807) is 24.3 Å². The summed E-state index contributed by atoms with van der Waals surface area (Å²) in [7, 11) is 0. The molecule has 0 spiro atoms.